The van der Waals surface area contributed by atoms with Crippen molar-refractivity contribution in [3.05, 3.63) is 55.7 Å². The minimum atomic E-state index is -0.570. The number of anilines is 1. The van der Waals surface area contributed by atoms with Gasteiger partial charge in [0.05, 0.1) is 28.9 Å². The molecule has 0 fully saturated rings. The molecule has 0 bridgehead atoms. The Labute approximate surface area is 190 Å². The van der Waals surface area contributed by atoms with Gasteiger partial charge in [0.1, 0.15) is 0 Å². The van der Waals surface area contributed by atoms with E-state index in [1.165, 1.54) is 24.9 Å². The van der Waals surface area contributed by atoms with Crippen LogP contribution in [0.15, 0.2) is 44.8 Å². The first kappa shape index (κ1) is 21.0. The zero-order valence-electron chi connectivity index (χ0n) is 16.2. The van der Waals surface area contributed by atoms with E-state index in [-0.39, 0.29) is 17.1 Å². The molecule has 0 unspecified atom stereocenters. The van der Waals surface area contributed by atoms with Crippen LogP contribution in [0.4, 0.5) is 5.69 Å². The van der Waals surface area contributed by atoms with E-state index in [2.05, 4.69) is 33.2 Å². The van der Waals surface area contributed by atoms with Crippen LogP contribution in [0.1, 0.15) is 25.1 Å². The van der Waals surface area contributed by atoms with Crippen LogP contribution in [-0.2, 0) is 0 Å². The Morgan fingerprint density at radius 2 is 2.17 bits per heavy atom. The van der Waals surface area contributed by atoms with Gasteiger partial charge in [0.15, 0.2) is 11.5 Å². The number of benzene rings is 2. The fourth-order valence-electron chi connectivity index (χ4n) is 3.32. The largest absolute Gasteiger partial charge is 0.504 e. The number of methoxy groups -OCH3 is 1. The molecular weight excluding hydrogens is 492 g/mol. The summed E-state index contributed by atoms with van der Waals surface area (Å²) in [5.74, 6) is 1.05. The van der Waals surface area contributed by atoms with Gasteiger partial charge < -0.3 is 15.2 Å². The van der Waals surface area contributed by atoms with Gasteiger partial charge in [0, 0.05) is 21.4 Å². The average molecular weight is 511 g/mol. The Morgan fingerprint density at radius 1 is 1.37 bits per heavy atom. The van der Waals surface area contributed by atoms with Crippen LogP contribution in [0.25, 0.3) is 11.3 Å². The zero-order chi connectivity index (χ0) is 21.4. The van der Waals surface area contributed by atoms with Gasteiger partial charge in [-0.15, -0.1) is 0 Å². The van der Waals surface area contributed by atoms with Crippen LogP contribution in [0.5, 0.6) is 11.5 Å². The van der Waals surface area contributed by atoms with Crippen molar-refractivity contribution < 1.29 is 14.5 Å². The maximum Gasteiger partial charge on any atom is 0.325 e. The van der Waals surface area contributed by atoms with Gasteiger partial charge in [-0.3, -0.25) is 9.78 Å². The molecular formula is C20H19BrClN4O3S+. The summed E-state index contributed by atoms with van der Waals surface area (Å²) in [7, 11) is 1.47. The molecule has 0 aliphatic carbocycles. The molecule has 4 rings (SSSR count). The van der Waals surface area contributed by atoms with Crippen LogP contribution in [-0.4, -0.2) is 28.1 Å². The fraction of sp³-hybridized carbons (Fsp3) is 0.250. The molecule has 0 saturated heterocycles. The number of aromatic hydroxyl groups is 1. The number of phenolic OH excluding ortho intramolecular Hbond substituents is 1. The molecule has 156 valence electrons. The molecule has 0 saturated carbocycles. The number of halogens is 2. The number of H-pyrrole nitrogens is 1. The molecule has 30 heavy (non-hydrogen) atoms. The maximum absolute atomic E-state index is 13.1. The van der Waals surface area contributed by atoms with Gasteiger partial charge in [-0.2, -0.15) is 0 Å². The molecule has 10 heteroatoms. The van der Waals surface area contributed by atoms with E-state index in [0.29, 0.717) is 21.4 Å². The number of nitrogens with one attached hydrogen (secondary N) is 2. The number of aromatic amines is 1. The van der Waals surface area contributed by atoms with Crippen molar-refractivity contribution in [1.82, 2.24) is 10.1 Å². The minimum Gasteiger partial charge on any atom is -0.504 e. The van der Waals surface area contributed by atoms with Gasteiger partial charge in [0.25, 0.3) is 6.17 Å². The standard InChI is InChI=1S/C20H18BrClN4O3S/c1-3-6-30-20-24-19(28)17-12-7-10(21)4-5-14(12)23-18(26(17)25-20)11-8-16(29-2)15(27)9-13(11)22/h4-5,7-9,18H,3,6H2,1-2H3,(H2,24,25,27,28)/p+1/t18-/m0/s1. The zero-order valence-corrected chi connectivity index (χ0v) is 19.4. The third-order valence-corrected chi connectivity index (χ3v) is 6.56. The molecule has 3 aromatic rings. The third-order valence-electron chi connectivity index (χ3n) is 4.67. The highest BCUT2D eigenvalue weighted by molar-refractivity contribution is 9.10. The third kappa shape index (κ3) is 3.77. The second kappa shape index (κ2) is 8.49. The molecule has 0 amide bonds. The number of aromatic nitrogens is 3. The predicted octanol–water partition coefficient (Wildman–Crippen LogP) is 4.33. The second-order valence-electron chi connectivity index (χ2n) is 6.68. The molecule has 1 atom stereocenters. The van der Waals surface area contributed by atoms with Crippen LogP contribution in [0.2, 0.25) is 5.02 Å². The lowest BCUT2D eigenvalue weighted by Gasteiger charge is -2.23. The van der Waals surface area contributed by atoms with Crippen molar-refractivity contribution in [1.29, 1.82) is 0 Å². The van der Waals surface area contributed by atoms with E-state index < -0.39 is 6.17 Å². The first-order valence-corrected chi connectivity index (χ1v) is 11.4. The number of rotatable bonds is 5. The number of thioether (sulfide) groups is 1. The van der Waals surface area contributed by atoms with Crippen LogP contribution in [0.3, 0.4) is 0 Å². The number of phenols is 1. The molecule has 1 aliphatic heterocycles. The van der Waals surface area contributed by atoms with Crippen molar-refractivity contribution in [2.45, 2.75) is 24.7 Å². The van der Waals surface area contributed by atoms with E-state index in [1.54, 1.807) is 10.7 Å². The van der Waals surface area contributed by atoms with E-state index in [1.807, 2.05) is 18.2 Å². The van der Waals surface area contributed by atoms with E-state index >= 15 is 0 Å². The van der Waals surface area contributed by atoms with E-state index in [4.69, 9.17) is 21.4 Å². The second-order valence-corrected chi connectivity index (χ2v) is 9.09. The topological polar surface area (TPSA) is 91.1 Å². The number of ether oxygens (including phenoxy) is 1. The fourth-order valence-corrected chi connectivity index (χ4v) is 4.65. The Hall–Kier alpha value is -2.23. The summed E-state index contributed by atoms with van der Waals surface area (Å²) < 4.78 is 7.75. The van der Waals surface area contributed by atoms with Crippen molar-refractivity contribution in [2.75, 3.05) is 18.2 Å². The molecule has 7 nitrogen and oxygen atoms in total. The number of nitrogens with zero attached hydrogens (tertiary/aromatic N) is 2. The van der Waals surface area contributed by atoms with Crippen LogP contribution in [0, 0.1) is 0 Å². The highest BCUT2D eigenvalue weighted by Crippen LogP contribution is 2.39. The van der Waals surface area contributed by atoms with Crippen LogP contribution >= 0.6 is 39.3 Å². The molecule has 3 N–H and O–H groups in total. The molecule has 2 aromatic carbocycles. The Kier molecular flexibility index (Phi) is 5.95. The normalized spacial score (nSPS) is 14.6. The summed E-state index contributed by atoms with van der Waals surface area (Å²) in [5, 5.41) is 19.0. The summed E-state index contributed by atoms with van der Waals surface area (Å²) >= 11 is 11.4. The summed E-state index contributed by atoms with van der Waals surface area (Å²) in [6.45, 7) is 2.07. The summed E-state index contributed by atoms with van der Waals surface area (Å²) in [6, 6.07) is 8.73. The van der Waals surface area contributed by atoms with Crippen molar-refractivity contribution in [3.8, 4) is 22.8 Å². The SMILES string of the molecule is CCCSc1n[n+]2c(c(=O)[nH]1)-c1cc(Br)ccc1N[C@@H]2c1cc(OC)c(O)cc1Cl. The van der Waals surface area contributed by atoms with Gasteiger partial charge >= 0.3 is 11.3 Å². The van der Waals surface area contributed by atoms with Crippen molar-refractivity contribution in [3.63, 3.8) is 0 Å². The monoisotopic (exact) mass is 509 g/mol. The number of fused-ring (bicyclic) bond motifs is 3. The van der Waals surface area contributed by atoms with Crippen molar-refractivity contribution in [2.24, 2.45) is 0 Å². The lowest BCUT2D eigenvalue weighted by atomic mass is 10.0. The first-order valence-electron chi connectivity index (χ1n) is 9.24. The van der Waals surface area contributed by atoms with Gasteiger partial charge in [-0.25, -0.2) is 0 Å². The Morgan fingerprint density at radius 3 is 2.90 bits per heavy atom. The van der Waals surface area contributed by atoms with E-state index in [9.17, 15) is 9.90 Å². The Bertz CT molecular complexity index is 1190. The minimum absolute atomic E-state index is 0.0605. The molecule has 1 aromatic heterocycles. The summed E-state index contributed by atoms with van der Waals surface area (Å²) in [6.07, 6.45) is 0.383. The van der Waals surface area contributed by atoms with E-state index in [0.717, 1.165) is 27.9 Å². The first-order chi connectivity index (χ1) is 14.4. The number of hydrogen-bond acceptors (Lipinski definition) is 6. The maximum atomic E-state index is 13.1. The molecule has 1 aliphatic rings. The smallest absolute Gasteiger partial charge is 0.325 e. The van der Waals surface area contributed by atoms with Crippen molar-refractivity contribution >= 4 is 45.0 Å². The molecule has 0 spiro atoms. The quantitative estimate of drug-likeness (QED) is 0.350. The molecule has 2 heterocycles. The lowest BCUT2D eigenvalue weighted by molar-refractivity contribution is -0.759. The van der Waals surface area contributed by atoms with Crippen LogP contribution < -0.4 is 20.3 Å². The lowest BCUT2D eigenvalue weighted by Crippen LogP contribution is -2.55. The summed E-state index contributed by atoms with van der Waals surface area (Å²) in [4.78, 5) is 16.0. The highest BCUT2D eigenvalue weighted by atomic mass is 79.9. The summed E-state index contributed by atoms with van der Waals surface area (Å²) in [5.41, 5.74) is 2.29. The van der Waals surface area contributed by atoms with Gasteiger partial charge in [-0.05, 0) is 35.4 Å². The highest BCUT2D eigenvalue weighted by Gasteiger charge is 2.39. The van der Waals surface area contributed by atoms with Gasteiger partial charge in [-0.1, -0.05) is 46.2 Å². The average Bonchev–Trinajstić information content (AvgIpc) is 2.72. The number of hydrogen-bond donors (Lipinski definition) is 3. The van der Waals surface area contributed by atoms with Gasteiger partial charge in [0.2, 0.25) is 5.16 Å². The Balaban J connectivity index is 1.96. The molecule has 0 radical (unpaired) electrons. The predicted molar refractivity (Wildman–Crippen MR) is 121 cm³/mol.